The van der Waals surface area contributed by atoms with Crippen molar-refractivity contribution in [2.24, 2.45) is 0 Å². The van der Waals surface area contributed by atoms with E-state index in [2.05, 4.69) is 5.32 Å². The first-order chi connectivity index (χ1) is 9.62. The molecule has 0 aliphatic heterocycles. The number of hydrogen-bond acceptors (Lipinski definition) is 4. The Labute approximate surface area is 128 Å². The molecular formula is C14H18ClNO3S. The molecule has 1 amide bonds. The monoisotopic (exact) mass is 315 g/mol. The normalized spacial score (nSPS) is 11.8. The molecule has 20 heavy (non-hydrogen) atoms. The highest BCUT2D eigenvalue weighted by atomic mass is 35.5. The molecule has 0 unspecified atom stereocenters. The third-order valence-corrected chi connectivity index (χ3v) is 3.72. The van der Waals surface area contributed by atoms with Gasteiger partial charge in [0.15, 0.2) is 0 Å². The summed E-state index contributed by atoms with van der Waals surface area (Å²) in [5, 5.41) is 2.70. The first kappa shape index (κ1) is 16.9. The molecule has 4 nitrogen and oxygen atoms in total. The largest absolute Gasteiger partial charge is 0.467 e. The van der Waals surface area contributed by atoms with Gasteiger partial charge in [0.25, 0.3) is 5.91 Å². The van der Waals surface area contributed by atoms with Crippen molar-refractivity contribution in [2.45, 2.75) is 18.3 Å². The first-order valence-electron chi connectivity index (χ1n) is 6.15. The Morgan fingerprint density at radius 3 is 2.50 bits per heavy atom. The zero-order valence-electron chi connectivity index (χ0n) is 11.5. The highest BCUT2D eigenvalue weighted by Crippen LogP contribution is 2.08. The van der Waals surface area contributed by atoms with Crippen molar-refractivity contribution >= 4 is 35.2 Å². The molecule has 6 heteroatoms. The minimum Gasteiger partial charge on any atom is -0.467 e. The maximum Gasteiger partial charge on any atom is 0.328 e. The number of ether oxygens (including phenoxy) is 1. The fraction of sp³-hybridized carbons (Fsp3) is 0.429. The molecule has 0 saturated heterocycles. The van der Waals surface area contributed by atoms with Gasteiger partial charge in [-0.2, -0.15) is 11.8 Å². The second-order valence-corrected chi connectivity index (χ2v) is 5.41. The molecule has 0 radical (unpaired) electrons. The van der Waals surface area contributed by atoms with Crippen LogP contribution in [0.2, 0.25) is 0 Å². The van der Waals surface area contributed by atoms with Crippen LogP contribution < -0.4 is 5.32 Å². The van der Waals surface area contributed by atoms with Crippen LogP contribution >= 0.6 is 23.4 Å². The van der Waals surface area contributed by atoms with E-state index in [0.717, 1.165) is 11.3 Å². The number of carbonyl (C=O) groups is 2. The summed E-state index contributed by atoms with van der Waals surface area (Å²) in [4.78, 5) is 23.7. The van der Waals surface area contributed by atoms with Crippen LogP contribution in [0.15, 0.2) is 24.3 Å². The highest BCUT2D eigenvalue weighted by molar-refractivity contribution is 7.98. The van der Waals surface area contributed by atoms with E-state index in [0.29, 0.717) is 17.9 Å². The number of amides is 1. The highest BCUT2D eigenvalue weighted by Gasteiger charge is 2.21. The van der Waals surface area contributed by atoms with Crippen molar-refractivity contribution in [2.75, 3.05) is 19.1 Å². The van der Waals surface area contributed by atoms with Gasteiger partial charge in [-0.3, -0.25) is 4.79 Å². The van der Waals surface area contributed by atoms with E-state index in [4.69, 9.17) is 16.3 Å². The molecule has 0 aliphatic carbocycles. The molecule has 1 atom stereocenters. The van der Waals surface area contributed by atoms with Gasteiger partial charge in [-0.25, -0.2) is 4.79 Å². The molecular weight excluding hydrogens is 298 g/mol. The average Bonchev–Trinajstić information content (AvgIpc) is 2.50. The van der Waals surface area contributed by atoms with E-state index in [1.165, 1.54) is 7.11 Å². The average molecular weight is 316 g/mol. The molecule has 1 aromatic rings. The number of esters is 1. The molecule has 110 valence electrons. The van der Waals surface area contributed by atoms with Crippen LogP contribution in [-0.4, -0.2) is 37.0 Å². The SMILES string of the molecule is COC(=O)[C@@H](CCSC)NC(=O)c1ccc(CCl)cc1. The Bertz CT molecular complexity index is 450. The van der Waals surface area contributed by atoms with E-state index in [-0.39, 0.29) is 5.91 Å². The number of carbonyl (C=O) groups excluding carboxylic acids is 2. The van der Waals surface area contributed by atoms with Gasteiger partial charge in [-0.15, -0.1) is 11.6 Å². The third-order valence-electron chi connectivity index (χ3n) is 2.77. The fourth-order valence-electron chi connectivity index (χ4n) is 1.61. The lowest BCUT2D eigenvalue weighted by Crippen LogP contribution is -2.41. The van der Waals surface area contributed by atoms with Crippen molar-refractivity contribution in [3.8, 4) is 0 Å². The Morgan fingerprint density at radius 2 is 2.00 bits per heavy atom. The topological polar surface area (TPSA) is 55.4 Å². The summed E-state index contributed by atoms with van der Waals surface area (Å²) in [6, 6.07) is 6.34. The Kier molecular flexibility index (Phi) is 7.47. The summed E-state index contributed by atoms with van der Waals surface area (Å²) >= 11 is 7.31. The van der Waals surface area contributed by atoms with Crippen molar-refractivity contribution in [3.63, 3.8) is 0 Å². The van der Waals surface area contributed by atoms with Crippen LogP contribution in [0.5, 0.6) is 0 Å². The van der Waals surface area contributed by atoms with Crippen LogP contribution in [0.25, 0.3) is 0 Å². The first-order valence-corrected chi connectivity index (χ1v) is 8.07. The van der Waals surface area contributed by atoms with Gasteiger partial charge in [0, 0.05) is 11.4 Å². The molecule has 0 aromatic heterocycles. The Morgan fingerprint density at radius 1 is 1.35 bits per heavy atom. The summed E-state index contributed by atoms with van der Waals surface area (Å²) in [6.07, 6.45) is 2.49. The predicted octanol–water partition coefficient (Wildman–Crippen LogP) is 2.45. The lowest BCUT2D eigenvalue weighted by molar-refractivity contribution is -0.142. The molecule has 0 saturated carbocycles. The number of methoxy groups -OCH3 is 1. The van der Waals surface area contributed by atoms with E-state index < -0.39 is 12.0 Å². The molecule has 1 aromatic carbocycles. The number of thioether (sulfide) groups is 1. The zero-order valence-corrected chi connectivity index (χ0v) is 13.1. The number of hydrogen-bond donors (Lipinski definition) is 1. The van der Waals surface area contributed by atoms with E-state index >= 15 is 0 Å². The number of alkyl halides is 1. The lowest BCUT2D eigenvalue weighted by atomic mass is 10.1. The van der Waals surface area contributed by atoms with Gasteiger partial charge >= 0.3 is 5.97 Å². The van der Waals surface area contributed by atoms with Crippen molar-refractivity contribution in [1.29, 1.82) is 0 Å². The standard InChI is InChI=1S/C14H18ClNO3S/c1-19-14(18)12(7-8-20-2)16-13(17)11-5-3-10(9-15)4-6-11/h3-6,12H,7-9H2,1-2H3,(H,16,17)/t12-/m1/s1. The van der Waals surface area contributed by atoms with E-state index in [1.54, 1.807) is 36.0 Å². The number of nitrogens with one attached hydrogen (secondary N) is 1. The van der Waals surface area contributed by atoms with Crippen LogP contribution in [0.1, 0.15) is 22.3 Å². The number of benzene rings is 1. The summed E-state index contributed by atoms with van der Waals surface area (Å²) in [7, 11) is 1.32. The lowest BCUT2D eigenvalue weighted by Gasteiger charge is -2.16. The van der Waals surface area contributed by atoms with Crippen LogP contribution in [-0.2, 0) is 15.4 Å². The number of rotatable bonds is 7. The van der Waals surface area contributed by atoms with Crippen LogP contribution in [0, 0.1) is 0 Å². The molecule has 0 aliphatic rings. The minimum atomic E-state index is -0.618. The van der Waals surface area contributed by atoms with Crippen molar-refractivity contribution in [1.82, 2.24) is 5.32 Å². The summed E-state index contributed by atoms with van der Waals surface area (Å²) in [5.41, 5.74) is 1.44. The predicted molar refractivity (Wildman–Crippen MR) is 82.3 cm³/mol. The summed E-state index contributed by atoms with van der Waals surface area (Å²) in [5.74, 6) is 0.457. The summed E-state index contributed by atoms with van der Waals surface area (Å²) in [6.45, 7) is 0. The number of halogens is 1. The van der Waals surface area contributed by atoms with Gasteiger partial charge in [-0.1, -0.05) is 12.1 Å². The van der Waals surface area contributed by atoms with Gasteiger partial charge in [-0.05, 0) is 36.1 Å². The molecule has 1 N–H and O–H groups in total. The Balaban J connectivity index is 2.70. The fourth-order valence-corrected chi connectivity index (χ4v) is 2.26. The molecule has 0 fully saturated rings. The van der Waals surface area contributed by atoms with Gasteiger partial charge in [0.2, 0.25) is 0 Å². The molecule has 0 bridgehead atoms. The van der Waals surface area contributed by atoms with E-state index in [1.807, 2.05) is 6.26 Å². The molecule has 1 rings (SSSR count). The van der Waals surface area contributed by atoms with E-state index in [9.17, 15) is 9.59 Å². The second kappa shape index (κ2) is 8.87. The molecule has 0 spiro atoms. The maximum absolute atomic E-state index is 12.1. The maximum atomic E-state index is 12.1. The molecule has 0 heterocycles. The quantitative estimate of drug-likeness (QED) is 0.620. The van der Waals surface area contributed by atoms with Crippen molar-refractivity contribution < 1.29 is 14.3 Å². The van der Waals surface area contributed by atoms with Crippen molar-refractivity contribution in [3.05, 3.63) is 35.4 Å². The smallest absolute Gasteiger partial charge is 0.328 e. The van der Waals surface area contributed by atoms with Gasteiger partial charge in [0.05, 0.1) is 7.11 Å². The third kappa shape index (κ3) is 5.06. The van der Waals surface area contributed by atoms with Gasteiger partial charge < -0.3 is 10.1 Å². The second-order valence-electron chi connectivity index (χ2n) is 4.16. The van der Waals surface area contributed by atoms with Crippen LogP contribution in [0.3, 0.4) is 0 Å². The Hall–Kier alpha value is -1.20. The minimum absolute atomic E-state index is 0.289. The van der Waals surface area contributed by atoms with Crippen LogP contribution in [0.4, 0.5) is 0 Å². The summed E-state index contributed by atoms with van der Waals surface area (Å²) < 4.78 is 4.70. The van der Waals surface area contributed by atoms with Gasteiger partial charge in [0.1, 0.15) is 6.04 Å². The zero-order chi connectivity index (χ0) is 15.0.